The summed E-state index contributed by atoms with van der Waals surface area (Å²) in [5, 5.41) is 0. The van der Waals surface area contributed by atoms with Crippen molar-refractivity contribution in [1.29, 1.82) is 0 Å². The van der Waals surface area contributed by atoms with Crippen LogP contribution in [0.25, 0.3) is 11.1 Å². The summed E-state index contributed by atoms with van der Waals surface area (Å²) in [6.07, 6.45) is 5.45. The Morgan fingerprint density at radius 2 is 1.48 bits per heavy atom. The molecule has 122 valence electrons. The molecular weight excluding hydrogens is 276 g/mol. The first-order valence-corrected chi connectivity index (χ1v) is 7.54. The van der Waals surface area contributed by atoms with Crippen LogP contribution in [-0.2, 0) is 0 Å². The molecule has 0 saturated heterocycles. The van der Waals surface area contributed by atoms with Gasteiger partial charge in [0.2, 0.25) is 0 Å². The molecule has 0 fully saturated rings. The molecule has 2 rings (SSSR count). The molecule has 0 atom stereocenters. The summed E-state index contributed by atoms with van der Waals surface area (Å²) in [7, 11) is 0. The lowest BCUT2D eigenvalue weighted by molar-refractivity contribution is 1.37. The standard InChI is InChI=1S/C15H16.C7H10.CH4/c1-11-8-9-13(3)15(10-11)14-7-5-4-6-12(14)2;1-4-6-7(3)5-2;/h4-10H,1-3H3;4-6H,1-2H2,3H3;1H4/b;7-6-;. The second kappa shape index (κ2) is 10.4. The van der Waals surface area contributed by atoms with Gasteiger partial charge in [0, 0.05) is 0 Å². The van der Waals surface area contributed by atoms with Crippen molar-refractivity contribution in [3.63, 3.8) is 0 Å². The van der Waals surface area contributed by atoms with Gasteiger partial charge in [0.1, 0.15) is 0 Å². The summed E-state index contributed by atoms with van der Waals surface area (Å²) >= 11 is 0. The van der Waals surface area contributed by atoms with Crippen LogP contribution >= 0.6 is 0 Å². The van der Waals surface area contributed by atoms with Crippen molar-refractivity contribution in [3.8, 4) is 11.1 Å². The lowest BCUT2D eigenvalue weighted by Gasteiger charge is -2.09. The van der Waals surface area contributed by atoms with Crippen LogP contribution in [0, 0.1) is 20.8 Å². The number of benzene rings is 2. The van der Waals surface area contributed by atoms with E-state index in [1.165, 1.54) is 27.8 Å². The molecule has 0 bridgehead atoms. The molecule has 2 aromatic rings. The summed E-state index contributed by atoms with van der Waals surface area (Å²) in [6.45, 7) is 15.5. The minimum atomic E-state index is 0. The van der Waals surface area contributed by atoms with E-state index in [2.05, 4.69) is 76.4 Å². The van der Waals surface area contributed by atoms with Gasteiger partial charge in [-0.25, -0.2) is 0 Å². The SMILES string of the molecule is C.C=C/C=C(/C)C=C.Cc1ccc(C)c(-c2ccccc2C)c1. The number of rotatable bonds is 3. The van der Waals surface area contributed by atoms with E-state index < -0.39 is 0 Å². The van der Waals surface area contributed by atoms with Crippen LogP contribution < -0.4 is 0 Å². The van der Waals surface area contributed by atoms with E-state index in [1.807, 2.05) is 13.0 Å². The predicted octanol–water partition coefficient (Wildman–Crippen LogP) is 7.22. The second-order valence-electron chi connectivity index (χ2n) is 5.48. The molecule has 23 heavy (non-hydrogen) atoms. The van der Waals surface area contributed by atoms with E-state index in [-0.39, 0.29) is 7.43 Å². The zero-order valence-corrected chi connectivity index (χ0v) is 14.2. The molecule has 0 saturated carbocycles. The smallest absolute Gasteiger partial charge is 0.0149 e. The van der Waals surface area contributed by atoms with Gasteiger partial charge >= 0.3 is 0 Å². The zero-order chi connectivity index (χ0) is 16.5. The van der Waals surface area contributed by atoms with Gasteiger partial charge in [0.15, 0.2) is 0 Å². The lowest BCUT2D eigenvalue weighted by atomic mass is 9.95. The first kappa shape index (κ1) is 20.7. The van der Waals surface area contributed by atoms with Crippen LogP contribution in [0.3, 0.4) is 0 Å². The average molecular weight is 306 g/mol. The van der Waals surface area contributed by atoms with Crippen molar-refractivity contribution >= 4 is 0 Å². The van der Waals surface area contributed by atoms with Gasteiger partial charge in [-0.3, -0.25) is 0 Å². The van der Waals surface area contributed by atoms with Crippen LogP contribution in [-0.4, -0.2) is 0 Å². The number of hydrogen-bond donors (Lipinski definition) is 0. The summed E-state index contributed by atoms with van der Waals surface area (Å²) in [5.74, 6) is 0. The lowest BCUT2D eigenvalue weighted by Crippen LogP contribution is -1.87. The van der Waals surface area contributed by atoms with Crippen molar-refractivity contribution in [2.45, 2.75) is 35.1 Å². The normalized spacial score (nSPS) is 10.0. The van der Waals surface area contributed by atoms with E-state index in [9.17, 15) is 0 Å². The van der Waals surface area contributed by atoms with Crippen LogP contribution in [0.15, 0.2) is 79.4 Å². The molecule has 0 unspecified atom stereocenters. The van der Waals surface area contributed by atoms with Gasteiger partial charge in [-0.1, -0.05) is 92.4 Å². The first-order valence-electron chi connectivity index (χ1n) is 7.54. The minimum Gasteiger partial charge on any atom is -0.0991 e. The Hall–Kier alpha value is -2.34. The first-order chi connectivity index (χ1) is 10.5. The maximum Gasteiger partial charge on any atom is -0.0149 e. The Bertz CT molecular complexity index is 672. The molecule has 0 heteroatoms. The summed E-state index contributed by atoms with van der Waals surface area (Å²) in [5.41, 5.74) is 7.85. The maximum absolute atomic E-state index is 3.56. The van der Waals surface area contributed by atoms with Crippen molar-refractivity contribution in [2.75, 3.05) is 0 Å². The molecule has 0 aliphatic rings. The van der Waals surface area contributed by atoms with Crippen molar-refractivity contribution in [3.05, 3.63) is 96.1 Å². The fourth-order valence-corrected chi connectivity index (χ4v) is 2.16. The summed E-state index contributed by atoms with van der Waals surface area (Å²) in [4.78, 5) is 0. The monoisotopic (exact) mass is 306 g/mol. The Morgan fingerprint density at radius 3 is 2.00 bits per heavy atom. The fourth-order valence-electron chi connectivity index (χ4n) is 2.16. The van der Waals surface area contributed by atoms with Crippen molar-refractivity contribution in [2.24, 2.45) is 0 Å². The summed E-state index contributed by atoms with van der Waals surface area (Å²) in [6, 6.07) is 15.2. The molecule has 2 aromatic carbocycles. The highest BCUT2D eigenvalue weighted by atomic mass is 14.1. The highest BCUT2D eigenvalue weighted by Gasteiger charge is 2.03. The van der Waals surface area contributed by atoms with Crippen molar-refractivity contribution in [1.82, 2.24) is 0 Å². The van der Waals surface area contributed by atoms with Crippen molar-refractivity contribution < 1.29 is 0 Å². The Morgan fingerprint density at radius 1 is 0.870 bits per heavy atom. The molecule has 0 amide bonds. The largest absolute Gasteiger partial charge is 0.0991 e. The van der Waals surface area contributed by atoms with Gasteiger partial charge in [-0.05, 0) is 49.9 Å². The molecule has 0 heterocycles. The highest BCUT2D eigenvalue weighted by Crippen LogP contribution is 2.27. The van der Waals surface area contributed by atoms with Crippen LogP contribution in [0.1, 0.15) is 31.0 Å². The Balaban J connectivity index is 0.000000522. The van der Waals surface area contributed by atoms with E-state index in [0.717, 1.165) is 5.57 Å². The van der Waals surface area contributed by atoms with Crippen LogP contribution in [0.2, 0.25) is 0 Å². The van der Waals surface area contributed by atoms with Crippen LogP contribution in [0.5, 0.6) is 0 Å². The highest BCUT2D eigenvalue weighted by molar-refractivity contribution is 5.70. The maximum atomic E-state index is 3.56. The molecule has 0 aromatic heterocycles. The topological polar surface area (TPSA) is 0 Å². The van der Waals surface area contributed by atoms with Gasteiger partial charge in [0.05, 0.1) is 0 Å². The fraction of sp³-hybridized carbons (Fsp3) is 0.217. The predicted molar refractivity (Wildman–Crippen MR) is 107 cm³/mol. The average Bonchev–Trinajstić information content (AvgIpc) is 2.51. The second-order valence-corrected chi connectivity index (χ2v) is 5.48. The Kier molecular flexibility index (Phi) is 9.34. The Labute approximate surface area is 142 Å². The third-order valence-electron chi connectivity index (χ3n) is 3.53. The molecule has 0 aliphatic heterocycles. The third kappa shape index (κ3) is 6.52. The number of hydrogen-bond acceptors (Lipinski definition) is 0. The van der Waals surface area contributed by atoms with Crippen LogP contribution in [0.4, 0.5) is 0 Å². The van der Waals surface area contributed by atoms with Gasteiger partial charge in [-0.15, -0.1) is 0 Å². The zero-order valence-electron chi connectivity index (χ0n) is 14.2. The molecule has 0 spiro atoms. The van der Waals surface area contributed by atoms with E-state index in [4.69, 9.17) is 0 Å². The van der Waals surface area contributed by atoms with E-state index in [0.29, 0.717) is 0 Å². The van der Waals surface area contributed by atoms with E-state index in [1.54, 1.807) is 12.2 Å². The molecule has 0 radical (unpaired) electrons. The molecule has 0 N–H and O–H groups in total. The number of allylic oxidation sites excluding steroid dienone is 4. The third-order valence-corrected chi connectivity index (χ3v) is 3.53. The quantitative estimate of drug-likeness (QED) is 0.525. The summed E-state index contributed by atoms with van der Waals surface area (Å²) < 4.78 is 0. The van der Waals surface area contributed by atoms with Gasteiger partial charge < -0.3 is 0 Å². The number of aryl methyl sites for hydroxylation is 3. The minimum absolute atomic E-state index is 0. The van der Waals surface area contributed by atoms with Gasteiger partial charge in [0.25, 0.3) is 0 Å². The molecule has 0 aliphatic carbocycles. The van der Waals surface area contributed by atoms with E-state index >= 15 is 0 Å². The molecule has 0 nitrogen and oxygen atoms in total. The molecular formula is C23H30. The van der Waals surface area contributed by atoms with Gasteiger partial charge in [-0.2, -0.15) is 0 Å².